The van der Waals surface area contributed by atoms with Crippen molar-refractivity contribution >= 4 is 50.5 Å². The SMILES string of the molecule is C[C@@H]1CN(c2ccc(Nc3ncc(C(F)(F)F)c(-c4cc5c(s4)C(=O)N(C4CC4)CCS5(=O)=O)n3)c(C3CC3)c2)CCN1C(=O)OC(C)(C)C. The molecule has 1 N–H and O–H groups in total. The maximum Gasteiger partial charge on any atom is 0.420 e. The van der Waals surface area contributed by atoms with Gasteiger partial charge in [0.15, 0.2) is 9.84 Å². The number of carbonyl (C=O) groups is 2. The van der Waals surface area contributed by atoms with Crippen molar-refractivity contribution in [1.82, 2.24) is 19.8 Å². The molecule has 11 nitrogen and oxygen atoms in total. The summed E-state index contributed by atoms with van der Waals surface area (Å²) in [5, 5.41) is 3.13. The molecule has 268 valence electrons. The van der Waals surface area contributed by atoms with Gasteiger partial charge in [-0.2, -0.15) is 13.2 Å². The van der Waals surface area contributed by atoms with Gasteiger partial charge in [0.05, 0.1) is 21.2 Å². The zero-order valence-electron chi connectivity index (χ0n) is 28.2. The lowest BCUT2D eigenvalue weighted by Gasteiger charge is -2.41. The summed E-state index contributed by atoms with van der Waals surface area (Å²) < 4.78 is 74.8. The molecule has 3 fully saturated rings. The predicted molar refractivity (Wildman–Crippen MR) is 183 cm³/mol. The van der Waals surface area contributed by atoms with Crippen molar-refractivity contribution in [1.29, 1.82) is 0 Å². The number of thiophene rings is 1. The highest BCUT2D eigenvalue weighted by atomic mass is 32.2. The normalized spacial score (nSPS) is 21.1. The number of nitrogens with zero attached hydrogens (tertiary/aromatic N) is 5. The molecular formula is C34H39F3N6O5S2. The summed E-state index contributed by atoms with van der Waals surface area (Å²) >= 11 is 0.720. The van der Waals surface area contributed by atoms with Crippen LogP contribution in [0.1, 0.15) is 80.1 Å². The number of rotatable bonds is 6. The molecular weight excluding hydrogens is 694 g/mol. The Bertz CT molecular complexity index is 1950. The van der Waals surface area contributed by atoms with Crippen molar-refractivity contribution in [3.05, 3.63) is 46.5 Å². The second kappa shape index (κ2) is 12.4. The smallest absolute Gasteiger partial charge is 0.420 e. The van der Waals surface area contributed by atoms with Crippen LogP contribution in [-0.2, 0) is 20.8 Å². The Morgan fingerprint density at radius 2 is 1.80 bits per heavy atom. The number of piperazine rings is 1. The highest BCUT2D eigenvalue weighted by molar-refractivity contribution is 7.91. The van der Waals surface area contributed by atoms with E-state index in [0.29, 0.717) is 31.5 Å². The van der Waals surface area contributed by atoms with Gasteiger partial charge in [-0.15, -0.1) is 11.3 Å². The Labute approximate surface area is 292 Å². The molecule has 50 heavy (non-hydrogen) atoms. The fourth-order valence-electron chi connectivity index (χ4n) is 6.50. The molecule has 1 atom stereocenters. The third-order valence-corrected chi connectivity index (χ3v) is 12.3. The quantitative estimate of drug-likeness (QED) is 0.296. The van der Waals surface area contributed by atoms with Gasteiger partial charge in [0.1, 0.15) is 16.0 Å². The van der Waals surface area contributed by atoms with Gasteiger partial charge in [0.2, 0.25) is 5.95 Å². The molecule has 0 unspecified atom stereocenters. The Morgan fingerprint density at radius 1 is 1.06 bits per heavy atom. The summed E-state index contributed by atoms with van der Waals surface area (Å²) in [5.41, 5.74) is 0.397. The standard InChI is InChI=1S/C34H39F3N6O5S2/c1-19-18-41(11-12-42(19)32(45)48-33(2,3)4)22-9-10-25(23(15-22)20-5-6-20)39-31-38-17-24(34(35,36)37)28(40-31)26-16-27-29(49-26)30(44)43(21-7-8-21)13-14-50(27,46)47/h9-10,15-17,19-21H,5-8,11-14,18H2,1-4H3,(H,38,39,40)/t19-/m1/s1. The van der Waals surface area contributed by atoms with Crippen molar-refractivity contribution in [3.63, 3.8) is 0 Å². The van der Waals surface area contributed by atoms with E-state index < -0.39 is 38.8 Å². The van der Waals surface area contributed by atoms with E-state index in [-0.39, 0.29) is 57.0 Å². The molecule has 3 aromatic rings. The average molecular weight is 733 g/mol. The third kappa shape index (κ3) is 7.00. The second-order valence-electron chi connectivity index (χ2n) is 14.4. The molecule has 2 aliphatic heterocycles. The molecule has 2 aromatic heterocycles. The average Bonchev–Trinajstić information content (AvgIpc) is 3.97. The summed E-state index contributed by atoms with van der Waals surface area (Å²) in [7, 11) is -3.91. The fraction of sp³-hybridized carbons (Fsp3) is 0.529. The minimum absolute atomic E-state index is 0.0490. The molecule has 4 heterocycles. The van der Waals surface area contributed by atoms with Crippen LogP contribution in [0.25, 0.3) is 10.6 Å². The zero-order valence-corrected chi connectivity index (χ0v) is 29.8. The number of anilines is 3. The van der Waals surface area contributed by atoms with Crippen LogP contribution >= 0.6 is 11.3 Å². The first-order chi connectivity index (χ1) is 23.5. The fourth-order valence-corrected chi connectivity index (χ4v) is 9.42. The molecule has 2 amide bonds. The van der Waals surface area contributed by atoms with E-state index in [2.05, 4.69) is 26.3 Å². The molecule has 16 heteroatoms. The van der Waals surface area contributed by atoms with Crippen LogP contribution in [0.15, 0.2) is 35.4 Å². The van der Waals surface area contributed by atoms with Crippen molar-refractivity contribution in [2.75, 3.05) is 42.1 Å². The third-order valence-electron chi connectivity index (χ3n) is 9.32. The number of nitrogens with one attached hydrogen (secondary N) is 1. The first-order valence-corrected chi connectivity index (χ1v) is 19.2. The number of hydrogen-bond acceptors (Lipinski definition) is 10. The second-order valence-corrected chi connectivity index (χ2v) is 17.6. The molecule has 1 aromatic carbocycles. The molecule has 7 rings (SSSR count). The predicted octanol–water partition coefficient (Wildman–Crippen LogP) is 6.68. The van der Waals surface area contributed by atoms with Gasteiger partial charge in [-0.1, -0.05) is 0 Å². The highest BCUT2D eigenvalue weighted by Gasteiger charge is 2.42. The molecule has 2 aliphatic carbocycles. The summed E-state index contributed by atoms with van der Waals surface area (Å²) in [6.45, 7) is 9.25. The van der Waals surface area contributed by atoms with Crippen LogP contribution in [0.4, 0.5) is 35.3 Å². The Morgan fingerprint density at radius 3 is 2.44 bits per heavy atom. The van der Waals surface area contributed by atoms with Gasteiger partial charge in [-0.25, -0.2) is 23.2 Å². The van der Waals surface area contributed by atoms with Crippen molar-refractivity contribution in [3.8, 4) is 10.6 Å². The minimum Gasteiger partial charge on any atom is -0.444 e. The summed E-state index contributed by atoms with van der Waals surface area (Å²) in [6.07, 6.45) is -1.02. The van der Waals surface area contributed by atoms with E-state index in [1.165, 1.54) is 4.90 Å². The van der Waals surface area contributed by atoms with Crippen LogP contribution in [-0.4, -0.2) is 89.8 Å². The van der Waals surface area contributed by atoms with Crippen molar-refractivity contribution in [2.45, 2.75) is 88.1 Å². The number of aromatic nitrogens is 2. The highest BCUT2D eigenvalue weighted by Crippen LogP contribution is 2.46. The largest absolute Gasteiger partial charge is 0.444 e. The lowest BCUT2D eigenvalue weighted by atomic mass is 10.1. The van der Waals surface area contributed by atoms with E-state index in [1.54, 1.807) is 4.90 Å². The minimum atomic E-state index is -4.83. The number of hydrogen-bond donors (Lipinski definition) is 1. The van der Waals surface area contributed by atoms with E-state index in [1.807, 2.05) is 39.8 Å². The number of benzene rings is 1. The van der Waals surface area contributed by atoms with E-state index >= 15 is 0 Å². The van der Waals surface area contributed by atoms with Crippen LogP contribution < -0.4 is 10.2 Å². The van der Waals surface area contributed by atoms with Crippen molar-refractivity contribution < 1.29 is 35.9 Å². The van der Waals surface area contributed by atoms with E-state index in [0.717, 1.165) is 54.3 Å². The van der Waals surface area contributed by atoms with Gasteiger partial charge in [-0.3, -0.25) is 4.79 Å². The Hall–Kier alpha value is -3.92. The number of sulfone groups is 1. The van der Waals surface area contributed by atoms with Crippen LogP contribution in [0.2, 0.25) is 0 Å². The number of alkyl halides is 3. The van der Waals surface area contributed by atoms with Gasteiger partial charge < -0.3 is 24.8 Å². The van der Waals surface area contributed by atoms with E-state index in [9.17, 15) is 31.2 Å². The molecule has 4 aliphatic rings. The Balaban J connectivity index is 1.17. The molecule has 1 saturated heterocycles. The lowest BCUT2D eigenvalue weighted by Crippen LogP contribution is -2.55. The lowest BCUT2D eigenvalue weighted by molar-refractivity contribution is -0.137. The number of carbonyl (C=O) groups excluding carboxylic acids is 2. The first kappa shape index (κ1) is 34.5. The number of amides is 2. The summed E-state index contributed by atoms with van der Waals surface area (Å²) in [5.74, 6) is -0.597. The van der Waals surface area contributed by atoms with Gasteiger partial charge >= 0.3 is 12.3 Å². The van der Waals surface area contributed by atoms with Gasteiger partial charge in [0.25, 0.3) is 5.91 Å². The molecule has 0 spiro atoms. The number of halogens is 3. The maximum absolute atomic E-state index is 14.3. The Kier molecular flexibility index (Phi) is 8.56. The van der Waals surface area contributed by atoms with Gasteiger partial charge in [0, 0.05) is 55.8 Å². The number of ether oxygens (including phenoxy) is 1. The van der Waals surface area contributed by atoms with E-state index in [4.69, 9.17) is 4.74 Å². The zero-order chi connectivity index (χ0) is 35.7. The topological polar surface area (TPSA) is 125 Å². The van der Waals surface area contributed by atoms with Crippen molar-refractivity contribution in [2.24, 2.45) is 0 Å². The van der Waals surface area contributed by atoms with Crippen LogP contribution in [0, 0.1) is 0 Å². The number of fused-ring (bicyclic) bond motifs is 1. The maximum atomic E-state index is 14.3. The monoisotopic (exact) mass is 732 g/mol. The molecule has 0 radical (unpaired) electrons. The molecule has 2 saturated carbocycles. The summed E-state index contributed by atoms with van der Waals surface area (Å²) in [4.78, 5) is 39.5. The first-order valence-electron chi connectivity index (χ1n) is 16.8. The van der Waals surface area contributed by atoms with Crippen LogP contribution in [0.3, 0.4) is 0 Å². The van der Waals surface area contributed by atoms with Crippen LogP contribution in [0.5, 0.6) is 0 Å². The molecule has 0 bridgehead atoms. The summed E-state index contributed by atoms with van der Waals surface area (Å²) in [6, 6.07) is 6.87. The van der Waals surface area contributed by atoms with Gasteiger partial charge in [-0.05, 0) is 89.1 Å².